The Kier molecular flexibility index (Phi) is 13.7. The van der Waals surface area contributed by atoms with Crippen molar-refractivity contribution >= 4 is 29.9 Å². The van der Waals surface area contributed by atoms with Crippen LogP contribution >= 0.6 is 24.0 Å². The average molecular weight is 481 g/mol. The topological polar surface area (TPSA) is 54.9 Å². The van der Waals surface area contributed by atoms with E-state index in [1.165, 1.54) is 32.1 Å². The number of aliphatic imine (C=N–C) groups is 1. The molecule has 2 aliphatic rings. The van der Waals surface area contributed by atoms with Crippen LogP contribution < -0.4 is 10.6 Å². The Morgan fingerprint density at radius 3 is 2.69 bits per heavy atom. The minimum absolute atomic E-state index is 0. The highest BCUT2D eigenvalue weighted by Gasteiger charge is 2.18. The Hall–Kier alpha value is -0.0800. The van der Waals surface area contributed by atoms with Crippen molar-refractivity contribution in [2.75, 3.05) is 39.5 Å². The van der Waals surface area contributed by atoms with Gasteiger partial charge in [-0.25, -0.2) is 0 Å². The molecule has 1 saturated heterocycles. The van der Waals surface area contributed by atoms with Crippen LogP contribution in [0.3, 0.4) is 0 Å². The van der Waals surface area contributed by atoms with Crippen molar-refractivity contribution in [3.05, 3.63) is 0 Å². The maximum absolute atomic E-state index is 5.91. The van der Waals surface area contributed by atoms with Gasteiger partial charge in [0.05, 0.1) is 6.10 Å². The molecule has 0 radical (unpaired) electrons. The van der Waals surface area contributed by atoms with Crippen LogP contribution in [0.5, 0.6) is 0 Å². The molecule has 0 amide bonds. The van der Waals surface area contributed by atoms with Gasteiger partial charge >= 0.3 is 0 Å². The van der Waals surface area contributed by atoms with E-state index in [0.29, 0.717) is 6.10 Å². The van der Waals surface area contributed by atoms with Crippen molar-refractivity contribution in [2.24, 2.45) is 16.8 Å². The third kappa shape index (κ3) is 10.3. The van der Waals surface area contributed by atoms with E-state index in [-0.39, 0.29) is 24.0 Å². The second kappa shape index (κ2) is 14.9. The van der Waals surface area contributed by atoms with Crippen molar-refractivity contribution in [3.8, 4) is 0 Å². The molecule has 26 heavy (non-hydrogen) atoms. The lowest BCUT2D eigenvalue weighted by molar-refractivity contribution is -0.0318. The van der Waals surface area contributed by atoms with E-state index in [0.717, 1.165) is 76.5 Å². The molecule has 0 aromatic heterocycles. The largest absolute Gasteiger partial charge is 0.381 e. The minimum atomic E-state index is 0. The first-order valence-electron chi connectivity index (χ1n) is 10.5. The summed E-state index contributed by atoms with van der Waals surface area (Å²) in [5.41, 5.74) is 0. The van der Waals surface area contributed by atoms with E-state index in [2.05, 4.69) is 29.5 Å². The number of rotatable bonds is 9. The Labute approximate surface area is 177 Å². The van der Waals surface area contributed by atoms with E-state index < -0.39 is 0 Å². The van der Waals surface area contributed by atoms with Crippen molar-refractivity contribution in [3.63, 3.8) is 0 Å². The number of hydrogen-bond donors (Lipinski definition) is 2. The van der Waals surface area contributed by atoms with Gasteiger partial charge in [-0.2, -0.15) is 0 Å². The molecular formula is C20H40IN3O2. The van der Waals surface area contributed by atoms with E-state index in [1.807, 2.05) is 0 Å². The molecule has 2 fully saturated rings. The highest BCUT2D eigenvalue weighted by Crippen LogP contribution is 2.30. The Morgan fingerprint density at radius 2 is 1.96 bits per heavy atom. The molecule has 2 atom stereocenters. The van der Waals surface area contributed by atoms with Crippen molar-refractivity contribution in [1.29, 1.82) is 0 Å². The highest BCUT2D eigenvalue weighted by atomic mass is 127. The summed E-state index contributed by atoms with van der Waals surface area (Å²) >= 11 is 0. The summed E-state index contributed by atoms with van der Waals surface area (Å²) in [6.45, 7) is 9.76. The number of nitrogens with one attached hydrogen (secondary N) is 2. The number of hydrogen-bond acceptors (Lipinski definition) is 3. The Bertz CT molecular complexity index is 376. The van der Waals surface area contributed by atoms with Gasteiger partial charge in [-0.15, -0.1) is 24.0 Å². The lowest BCUT2D eigenvalue weighted by Crippen LogP contribution is -2.38. The molecule has 2 unspecified atom stereocenters. The molecule has 1 saturated carbocycles. The van der Waals surface area contributed by atoms with Gasteiger partial charge in [-0.1, -0.05) is 26.2 Å². The predicted molar refractivity (Wildman–Crippen MR) is 120 cm³/mol. The van der Waals surface area contributed by atoms with Crippen LogP contribution in [0.25, 0.3) is 0 Å². The summed E-state index contributed by atoms with van der Waals surface area (Å²) in [5, 5.41) is 6.86. The number of guanidine groups is 1. The summed E-state index contributed by atoms with van der Waals surface area (Å²) in [6.07, 6.45) is 10.3. The first-order chi connectivity index (χ1) is 12.3. The molecule has 1 heterocycles. The molecular weight excluding hydrogens is 441 g/mol. The van der Waals surface area contributed by atoms with Gasteiger partial charge < -0.3 is 20.1 Å². The fraction of sp³-hybridized carbons (Fsp3) is 0.950. The molecule has 0 bridgehead atoms. The van der Waals surface area contributed by atoms with E-state index in [4.69, 9.17) is 9.47 Å². The van der Waals surface area contributed by atoms with E-state index >= 15 is 0 Å². The minimum Gasteiger partial charge on any atom is -0.381 e. The molecule has 1 aliphatic heterocycles. The second-order valence-electron chi connectivity index (χ2n) is 7.65. The van der Waals surface area contributed by atoms with Crippen molar-refractivity contribution < 1.29 is 9.47 Å². The zero-order chi connectivity index (χ0) is 17.7. The number of nitrogens with zero attached hydrogens (tertiary/aromatic N) is 1. The smallest absolute Gasteiger partial charge is 0.191 e. The van der Waals surface area contributed by atoms with Crippen LogP contribution in [0, 0.1) is 11.8 Å². The molecule has 154 valence electrons. The van der Waals surface area contributed by atoms with Crippen LogP contribution in [0.4, 0.5) is 0 Å². The Balaban J connectivity index is 0.00000338. The average Bonchev–Trinajstić information content (AvgIpc) is 2.62. The summed E-state index contributed by atoms with van der Waals surface area (Å²) in [7, 11) is 0. The Morgan fingerprint density at radius 1 is 1.15 bits per heavy atom. The van der Waals surface area contributed by atoms with Gasteiger partial charge in [-0.3, -0.25) is 4.99 Å². The van der Waals surface area contributed by atoms with Crippen LogP contribution in [0.1, 0.15) is 65.2 Å². The van der Waals surface area contributed by atoms with Gasteiger partial charge in [0.2, 0.25) is 0 Å². The molecule has 6 heteroatoms. The normalized spacial score (nSPS) is 24.8. The molecule has 1 aliphatic carbocycles. The first-order valence-corrected chi connectivity index (χ1v) is 10.5. The van der Waals surface area contributed by atoms with Gasteiger partial charge in [0, 0.05) is 39.5 Å². The fourth-order valence-corrected chi connectivity index (χ4v) is 3.91. The van der Waals surface area contributed by atoms with Crippen molar-refractivity contribution in [1.82, 2.24) is 10.6 Å². The van der Waals surface area contributed by atoms with Gasteiger partial charge in [-0.05, 0) is 50.9 Å². The molecule has 0 spiro atoms. The zero-order valence-electron chi connectivity index (χ0n) is 16.8. The maximum atomic E-state index is 5.91. The molecule has 0 aromatic rings. The highest BCUT2D eigenvalue weighted by molar-refractivity contribution is 14.0. The lowest BCUT2D eigenvalue weighted by Gasteiger charge is -2.26. The predicted octanol–water partition coefficient (Wildman–Crippen LogP) is 3.96. The third-order valence-corrected chi connectivity index (χ3v) is 5.33. The van der Waals surface area contributed by atoms with Gasteiger partial charge in [0.1, 0.15) is 0 Å². The van der Waals surface area contributed by atoms with E-state index in [1.54, 1.807) is 0 Å². The zero-order valence-corrected chi connectivity index (χ0v) is 19.1. The first kappa shape index (κ1) is 24.0. The fourth-order valence-electron chi connectivity index (χ4n) is 3.91. The monoisotopic (exact) mass is 481 g/mol. The second-order valence-corrected chi connectivity index (χ2v) is 7.65. The molecule has 2 rings (SSSR count). The summed E-state index contributed by atoms with van der Waals surface area (Å²) in [4.78, 5) is 4.68. The standard InChI is InChI=1S/C20H39N3O2.HI/c1-3-21-20(23-12-8-18-7-4-6-17(2)16-18)22-11-5-13-25-19-9-14-24-15-10-19;/h17-19H,3-16H2,1-2H3,(H2,21,22,23);1H. The summed E-state index contributed by atoms with van der Waals surface area (Å²) < 4.78 is 11.3. The third-order valence-electron chi connectivity index (χ3n) is 5.33. The summed E-state index contributed by atoms with van der Waals surface area (Å²) in [5.74, 6) is 2.76. The SMILES string of the molecule is CCNC(=NCCCOC1CCOCC1)NCCC1CCCC(C)C1.I. The number of halogens is 1. The van der Waals surface area contributed by atoms with Crippen LogP contribution in [0.2, 0.25) is 0 Å². The molecule has 5 nitrogen and oxygen atoms in total. The molecule has 2 N–H and O–H groups in total. The number of ether oxygens (including phenoxy) is 2. The quantitative estimate of drug-likeness (QED) is 0.227. The van der Waals surface area contributed by atoms with Crippen LogP contribution in [-0.4, -0.2) is 51.5 Å². The van der Waals surface area contributed by atoms with Crippen LogP contribution in [-0.2, 0) is 9.47 Å². The van der Waals surface area contributed by atoms with Gasteiger partial charge in [0.25, 0.3) is 0 Å². The van der Waals surface area contributed by atoms with Gasteiger partial charge in [0.15, 0.2) is 5.96 Å². The van der Waals surface area contributed by atoms with Crippen LogP contribution in [0.15, 0.2) is 4.99 Å². The van der Waals surface area contributed by atoms with E-state index in [9.17, 15) is 0 Å². The molecule has 0 aromatic carbocycles. The lowest BCUT2D eigenvalue weighted by atomic mass is 9.81. The maximum Gasteiger partial charge on any atom is 0.191 e. The summed E-state index contributed by atoms with van der Waals surface area (Å²) in [6, 6.07) is 0. The van der Waals surface area contributed by atoms with Crippen molar-refractivity contribution in [2.45, 2.75) is 71.3 Å².